The van der Waals surface area contributed by atoms with Gasteiger partial charge < -0.3 is 14.9 Å². The van der Waals surface area contributed by atoms with Crippen molar-refractivity contribution in [1.82, 2.24) is 14.9 Å². The molecule has 1 N–H and O–H groups in total. The summed E-state index contributed by atoms with van der Waals surface area (Å²) < 4.78 is 0. The van der Waals surface area contributed by atoms with Gasteiger partial charge in [-0.05, 0) is 26.1 Å². The lowest BCUT2D eigenvalue weighted by atomic mass is 9.91. The number of anilines is 1. The minimum atomic E-state index is -0.595. The van der Waals surface area contributed by atoms with Gasteiger partial charge in [-0.15, -0.1) is 11.3 Å². The van der Waals surface area contributed by atoms with Crippen LogP contribution in [0, 0.1) is 0 Å². The van der Waals surface area contributed by atoms with E-state index in [-0.39, 0.29) is 0 Å². The fraction of sp³-hybridized carbons (Fsp3) is 0.400. The molecular weight excluding hydrogens is 344 g/mol. The Labute approximate surface area is 157 Å². The molecule has 4 rings (SSSR count). The Kier molecular flexibility index (Phi) is 4.42. The molecule has 1 aliphatic heterocycles. The molecule has 26 heavy (non-hydrogen) atoms. The molecular formula is C20H24N4OS. The van der Waals surface area contributed by atoms with Gasteiger partial charge in [0.25, 0.3) is 0 Å². The van der Waals surface area contributed by atoms with E-state index in [1.54, 1.807) is 11.3 Å². The molecule has 0 bridgehead atoms. The summed E-state index contributed by atoms with van der Waals surface area (Å²) in [6, 6.07) is 10.4. The van der Waals surface area contributed by atoms with Gasteiger partial charge in [-0.3, -0.25) is 0 Å². The second kappa shape index (κ2) is 6.61. The van der Waals surface area contributed by atoms with E-state index in [1.165, 1.54) is 11.1 Å². The highest BCUT2D eigenvalue weighted by atomic mass is 32.1. The van der Waals surface area contributed by atoms with Gasteiger partial charge in [-0.2, -0.15) is 0 Å². The van der Waals surface area contributed by atoms with E-state index >= 15 is 0 Å². The van der Waals surface area contributed by atoms with Crippen LogP contribution in [0.15, 0.2) is 35.7 Å². The number of hydrogen-bond donors (Lipinski definition) is 1. The Hall–Kier alpha value is -2.02. The average Bonchev–Trinajstić information content (AvgIpc) is 3.02. The van der Waals surface area contributed by atoms with Gasteiger partial charge >= 0.3 is 0 Å². The molecule has 0 amide bonds. The summed E-state index contributed by atoms with van der Waals surface area (Å²) in [6.45, 7) is 3.99. The highest BCUT2D eigenvalue weighted by Crippen LogP contribution is 2.41. The number of hydrogen-bond acceptors (Lipinski definition) is 6. The zero-order valence-electron chi connectivity index (χ0n) is 15.4. The molecule has 0 radical (unpaired) electrons. The Balaban J connectivity index is 1.84. The van der Waals surface area contributed by atoms with Gasteiger partial charge in [0, 0.05) is 24.0 Å². The second-order valence-corrected chi connectivity index (χ2v) is 8.19. The first kappa shape index (κ1) is 17.4. The molecule has 2 aromatic heterocycles. The van der Waals surface area contributed by atoms with Gasteiger partial charge in [0.15, 0.2) is 0 Å². The van der Waals surface area contributed by atoms with Crippen molar-refractivity contribution in [1.29, 1.82) is 0 Å². The maximum Gasteiger partial charge on any atom is 0.146 e. The molecule has 1 aromatic carbocycles. The monoisotopic (exact) mass is 368 g/mol. The molecule has 1 fully saturated rings. The number of aromatic nitrogens is 2. The van der Waals surface area contributed by atoms with Gasteiger partial charge in [-0.1, -0.05) is 37.3 Å². The molecule has 0 spiro atoms. The van der Waals surface area contributed by atoms with Gasteiger partial charge in [0.05, 0.1) is 17.5 Å². The van der Waals surface area contributed by atoms with Crippen LogP contribution in [-0.4, -0.2) is 52.8 Å². The molecule has 0 unspecified atom stereocenters. The molecule has 3 aromatic rings. The standard InChI is InChI=1S/C20H24N4OS/c1-4-20(25)12-24(13-20)18-17-15(14-8-6-5-7-9-14)11-26-19(17)22-16(21-18)10-23(2)3/h5-9,11,25H,4,10,12-13H2,1-3H3. The molecule has 1 saturated heterocycles. The number of benzene rings is 1. The smallest absolute Gasteiger partial charge is 0.146 e. The van der Waals surface area contributed by atoms with E-state index in [0.29, 0.717) is 19.6 Å². The van der Waals surface area contributed by atoms with Gasteiger partial charge in [0.1, 0.15) is 16.5 Å². The van der Waals surface area contributed by atoms with Crippen molar-refractivity contribution in [3.63, 3.8) is 0 Å². The first-order valence-corrected chi connectivity index (χ1v) is 9.82. The number of nitrogens with zero attached hydrogens (tertiary/aromatic N) is 4. The SMILES string of the molecule is CCC1(O)CN(c2nc(CN(C)C)nc3scc(-c4ccccc4)c23)C1. The third-order valence-electron chi connectivity index (χ3n) is 4.93. The van der Waals surface area contributed by atoms with E-state index in [9.17, 15) is 5.11 Å². The van der Waals surface area contributed by atoms with Crippen LogP contribution in [0.1, 0.15) is 19.2 Å². The topological polar surface area (TPSA) is 52.5 Å². The minimum absolute atomic E-state index is 0.595. The number of rotatable bonds is 5. The fourth-order valence-electron chi connectivity index (χ4n) is 3.42. The highest BCUT2D eigenvalue weighted by Gasteiger charge is 2.41. The number of β-amino-alcohol motifs (C(OH)–C–C–N with tert-alkyl or cyclic N) is 1. The quantitative estimate of drug-likeness (QED) is 0.748. The number of aliphatic hydroxyl groups is 1. The zero-order valence-corrected chi connectivity index (χ0v) is 16.3. The average molecular weight is 369 g/mol. The predicted octanol–water partition coefficient (Wildman–Crippen LogP) is 3.38. The van der Waals surface area contributed by atoms with Crippen LogP contribution in [0.3, 0.4) is 0 Å². The first-order chi connectivity index (χ1) is 12.5. The summed E-state index contributed by atoms with van der Waals surface area (Å²) in [5.41, 5.74) is 1.75. The summed E-state index contributed by atoms with van der Waals surface area (Å²) in [7, 11) is 4.05. The van der Waals surface area contributed by atoms with Crippen molar-refractivity contribution in [2.24, 2.45) is 0 Å². The molecule has 5 nitrogen and oxygen atoms in total. The highest BCUT2D eigenvalue weighted by molar-refractivity contribution is 7.17. The molecule has 6 heteroatoms. The van der Waals surface area contributed by atoms with E-state index in [0.717, 1.165) is 28.3 Å². The molecule has 0 saturated carbocycles. The van der Waals surface area contributed by atoms with E-state index in [1.807, 2.05) is 27.1 Å². The van der Waals surface area contributed by atoms with Crippen LogP contribution in [0.5, 0.6) is 0 Å². The molecule has 136 valence electrons. The minimum Gasteiger partial charge on any atom is -0.386 e. The summed E-state index contributed by atoms with van der Waals surface area (Å²) >= 11 is 1.66. The van der Waals surface area contributed by atoms with Gasteiger partial charge in [0.2, 0.25) is 0 Å². The van der Waals surface area contributed by atoms with Crippen LogP contribution >= 0.6 is 11.3 Å². The van der Waals surface area contributed by atoms with Gasteiger partial charge in [-0.25, -0.2) is 9.97 Å². The van der Waals surface area contributed by atoms with Crippen LogP contribution < -0.4 is 4.90 Å². The second-order valence-electron chi connectivity index (χ2n) is 7.33. The zero-order chi connectivity index (χ0) is 18.3. The van der Waals surface area contributed by atoms with Crippen molar-refractivity contribution < 1.29 is 5.11 Å². The lowest BCUT2D eigenvalue weighted by molar-refractivity contribution is 0.00820. The lowest BCUT2D eigenvalue weighted by Crippen LogP contribution is -2.62. The Morgan fingerprint density at radius 1 is 1.19 bits per heavy atom. The molecule has 0 atom stereocenters. The van der Waals surface area contributed by atoms with Crippen LogP contribution in [0.2, 0.25) is 0 Å². The van der Waals surface area contributed by atoms with Crippen molar-refractivity contribution in [3.05, 3.63) is 41.5 Å². The summed E-state index contributed by atoms with van der Waals surface area (Å²) in [5.74, 6) is 1.77. The molecule has 1 aliphatic rings. The number of thiophene rings is 1. The lowest BCUT2D eigenvalue weighted by Gasteiger charge is -2.47. The summed E-state index contributed by atoms with van der Waals surface area (Å²) in [6.07, 6.45) is 0.761. The summed E-state index contributed by atoms with van der Waals surface area (Å²) in [5, 5.41) is 13.8. The summed E-state index contributed by atoms with van der Waals surface area (Å²) in [4.78, 5) is 15.0. The maximum atomic E-state index is 10.5. The normalized spacial score (nSPS) is 16.3. The third kappa shape index (κ3) is 3.09. The Bertz CT molecular complexity index is 916. The van der Waals surface area contributed by atoms with E-state index < -0.39 is 5.60 Å². The van der Waals surface area contributed by atoms with Crippen molar-refractivity contribution in [2.75, 3.05) is 32.1 Å². The first-order valence-electron chi connectivity index (χ1n) is 8.95. The molecule has 0 aliphatic carbocycles. The number of fused-ring (bicyclic) bond motifs is 1. The van der Waals surface area contributed by atoms with Crippen molar-refractivity contribution in [3.8, 4) is 11.1 Å². The fourth-order valence-corrected chi connectivity index (χ4v) is 4.38. The van der Waals surface area contributed by atoms with Crippen molar-refractivity contribution >= 4 is 27.4 Å². The van der Waals surface area contributed by atoms with Crippen LogP contribution in [0.25, 0.3) is 21.3 Å². The van der Waals surface area contributed by atoms with Crippen LogP contribution in [-0.2, 0) is 6.54 Å². The van der Waals surface area contributed by atoms with Crippen LogP contribution in [0.4, 0.5) is 5.82 Å². The predicted molar refractivity (Wildman–Crippen MR) is 108 cm³/mol. The largest absolute Gasteiger partial charge is 0.386 e. The molecule has 3 heterocycles. The van der Waals surface area contributed by atoms with E-state index in [4.69, 9.17) is 9.97 Å². The Morgan fingerprint density at radius 3 is 2.58 bits per heavy atom. The maximum absolute atomic E-state index is 10.5. The van der Waals surface area contributed by atoms with E-state index in [2.05, 4.69) is 39.4 Å². The Morgan fingerprint density at radius 2 is 1.92 bits per heavy atom. The third-order valence-corrected chi connectivity index (χ3v) is 5.80. The van der Waals surface area contributed by atoms with Crippen molar-refractivity contribution in [2.45, 2.75) is 25.5 Å².